The summed E-state index contributed by atoms with van der Waals surface area (Å²) in [5, 5.41) is 5.51. The largest absolute Gasteiger partial charge is 0.445 e. The summed E-state index contributed by atoms with van der Waals surface area (Å²) in [6.07, 6.45) is 8.15. The molecule has 0 bridgehead atoms. The van der Waals surface area contributed by atoms with Crippen LogP contribution in [0.3, 0.4) is 0 Å². The van der Waals surface area contributed by atoms with Crippen LogP contribution in [-0.4, -0.2) is 80.7 Å². The van der Waals surface area contributed by atoms with Crippen molar-refractivity contribution in [1.29, 1.82) is 0 Å². The lowest BCUT2D eigenvalue weighted by molar-refractivity contribution is 0.0890. The first-order chi connectivity index (χ1) is 38.1. The van der Waals surface area contributed by atoms with E-state index in [2.05, 4.69) is 15.3 Å². The van der Waals surface area contributed by atoms with E-state index in [-0.39, 0.29) is 85.6 Å². The molecule has 402 valence electrons. The van der Waals surface area contributed by atoms with Crippen molar-refractivity contribution in [1.82, 2.24) is 24.7 Å². The molecule has 5 atom stereocenters. The van der Waals surface area contributed by atoms with Gasteiger partial charge in [-0.15, -0.1) is 0 Å². The molecule has 3 N–H and O–H groups in total. The minimum atomic E-state index is -0.351. The number of H-pyrrole nitrogens is 2. The Kier molecular flexibility index (Phi) is 15.7. The Labute approximate surface area is 451 Å². The maximum absolute atomic E-state index is 14.7. The monoisotopic (exact) mass is 1060 g/mol. The second kappa shape index (κ2) is 23.6. The Morgan fingerprint density at radius 2 is 1.00 bits per heavy atom. The standard InChI is InChI=1S/C42H42F2N4O4.C21H21FN2O2/c43-29-15-17-33-35(23-31-13-7-19-47(31)41(49)51-25-27-9-3-1-4-10-27)39(45-37(33)21-29)40-36(34-18-16-30(44)22-38(34)46-40)24-32-14-8-20-48(32)42(50)52-26-28-11-5-2-6-12-28;22-17-8-9-19-16(13-23-20(19)12-17)11-18-7-4-10-24(18)21(25)26-14-15-5-2-1-3-6-15/h1-6,9-12,15-18,21-22,31-32,35,39,45-46H,7-8,13-14,19-20,23-26H2;1-3,5-6,8-9,12-13,18,23H,4,7,10-11,14H2/t31-,32-,35?,39?;18-/m00/s1. The molecular formula is C63H63F3N6O6. The van der Waals surface area contributed by atoms with Crippen molar-refractivity contribution in [3.8, 4) is 0 Å². The zero-order valence-electron chi connectivity index (χ0n) is 43.4. The van der Waals surface area contributed by atoms with Crippen LogP contribution in [0.15, 0.2) is 152 Å². The molecule has 0 aliphatic carbocycles. The third kappa shape index (κ3) is 11.7. The highest BCUT2D eigenvalue weighted by Crippen LogP contribution is 2.50. The number of benzene rings is 6. The molecule has 8 aromatic rings. The van der Waals surface area contributed by atoms with Crippen LogP contribution < -0.4 is 5.32 Å². The van der Waals surface area contributed by atoms with E-state index in [1.165, 1.54) is 36.4 Å². The fourth-order valence-corrected chi connectivity index (χ4v) is 12.1. The van der Waals surface area contributed by atoms with Gasteiger partial charge in [0.2, 0.25) is 0 Å². The maximum atomic E-state index is 14.7. The minimum absolute atomic E-state index is 0.0800. The molecule has 4 aliphatic rings. The number of ether oxygens (including phenoxy) is 3. The van der Waals surface area contributed by atoms with E-state index in [1.807, 2.05) is 118 Å². The number of nitrogens with one attached hydrogen (secondary N) is 3. The van der Waals surface area contributed by atoms with Crippen molar-refractivity contribution >= 4 is 45.8 Å². The normalized spacial score (nSPS) is 19.6. The molecule has 12 nitrogen and oxygen atoms in total. The number of aromatic nitrogens is 2. The third-order valence-corrected chi connectivity index (χ3v) is 15.9. The van der Waals surface area contributed by atoms with E-state index in [0.717, 1.165) is 107 Å². The smallest absolute Gasteiger partial charge is 0.410 e. The van der Waals surface area contributed by atoms with Crippen LogP contribution >= 0.6 is 0 Å². The minimum Gasteiger partial charge on any atom is -0.445 e. The Bertz CT molecular complexity index is 3370. The number of aromatic amines is 2. The highest BCUT2D eigenvalue weighted by atomic mass is 19.1. The zero-order chi connectivity index (χ0) is 53.5. The summed E-state index contributed by atoms with van der Waals surface area (Å²) in [4.78, 5) is 51.5. The first-order valence-electron chi connectivity index (χ1n) is 27.2. The summed E-state index contributed by atoms with van der Waals surface area (Å²) in [7, 11) is 0. The van der Waals surface area contributed by atoms with Crippen LogP contribution in [0.5, 0.6) is 0 Å². The number of carbonyl (C=O) groups is 3. The van der Waals surface area contributed by atoms with Crippen LogP contribution in [0.4, 0.5) is 33.2 Å². The van der Waals surface area contributed by atoms with Gasteiger partial charge in [0.25, 0.3) is 0 Å². The van der Waals surface area contributed by atoms with Crippen LogP contribution in [-0.2, 0) is 46.9 Å². The second-order valence-corrected chi connectivity index (χ2v) is 20.9. The van der Waals surface area contributed by atoms with Crippen molar-refractivity contribution in [3.05, 3.63) is 208 Å². The number of fused-ring (bicyclic) bond motifs is 3. The van der Waals surface area contributed by atoms with Crippen molar-refractivity contribution in [2.75, 3.05) is 25.0 Å². The summed E-state index contributed by atoms with van der Waals surface area (Å²) in [5.41, 5.74) is 8.93. The van der Waals surface area contributed by atoms with Crippen molar-refractivity contribution in [2.24, 2.45) is 0 Å². The molecular weight excluding hydrogens is 994 g/mol. The van der Waals surface area contributed by atoms with Crippen LogP contribution in [0.1, 0.15) is 96.0 Å². The van der Waals surface area contributed by atoms with E-state index in [9.17, 15) is 27.6 Å². The maximum Gasteiger partial charge on any atom is 0.410 e. The zero-order valence-corrected chi connectivity index (χ0v) is 43.4. The molecule has 0 saturated carbocycles. The SMILES string of the molecule is O=C(OCc1ccccc1)N1CCC[C@H]1Cc1c(C2Nc3cc(F)ccc3C2C[C@@H]2CCCN2C(=O)OCc2ccccc2)[nH]c2cc(F)ccc12.O=C(OCc1ccccc1)N1CCC[C@H]1Cc1c[nH]c2cc(F)ccc12. The number of hydrogen-bond acceptors (Lipinski definition) is 7. The molecule has 6 aromatic carbocycles. The van der Waals surface area contributed by atoms with Crippen LogP contribution in [0, 0.1) is 17.5 Å². The first-order valence-corrected chi connectivity index (χ1v) is 27.2. The van der Waals surface area contributed by atoms with Gasteiger partial charge < -0.3 is 44.2 Å². The number of likely N-dealkylation sites (tertiary alicyclic amines) is 3. The number of hydrogen-bond donors (Lipinski definition) is 3. The fourth-order valence-electron chi connectivity index (χ4n) is 12.1. The fraction of sp³-hybridized carbons (Fsp3) is 0.317. The van der Waals surface area contributed by atoms with Crippen LogP contribution in [0.2, 0.25) is 0 Å². The molecule has 3 amide bonds. The topological polar surface area (TPSA) is 132 Å². The predicted octanol–water partition coefficient (Wildman–Crippen LogP) is 13.9. The van der Waals surface area contributed by atoms with Crippen molar-refractivity contribution in [2.45, 2.75) is 108 Å². The van der Waals surface area contributed by atoms with E-state index >= 15 is 0 Å². The molecule has 0 spiro atoms. The Morgan fingerprint density at radius 1 is 0.526 bits per heavy atom. The molecule has 12 rings (SSSR count). The second-order valence-electron chi connectivity index (χ2n) is 20.9. The molecule has 3 fully saturated rings. The molecule has 78 heavy (non-hydrogen) atoms. The first kappa shape index (κ1) is 51.9. The third-order valence-electron chi connectivity index (χ3n) is 15.9. The Morgan fingerprint density at radius 3 is 1.56 bits per heavy atom. The van der Waals surface area contributed by atoms with Gasteiger partial charge in [-0.3, -0.25) is 0 Å². The van der Waals surface area contributed by atoms with Gasteiger partial charge in [-0.25, -0.2) is 27.6 Å². The number of rotatable bonds is 13. The van der Waals surface area contributed by atoms with Crippen molar-refractivity contribution < 1.29 is 41.8 Å². The van der Waals surface area contributed by atoms with Gasteiger partial charge in [-0.1, -0.05) is 97.1 Å². The molecule has 2 unspecified atom stereocenters. The van der Waals surface area contributed by atoms with E-state index in [1.54, 1.807) is 12.1 Å². The highest BCUT2D eigenvalue weighted by molar-refractivity contribution is 5.86. The predicted molar refractivity (Wildman–Crippen MR) is 293 cm³/mol. The molecule has 6 heterocycles. The highest BCUT2D eigenvalue weighted by Gasteiger charge is 2.42. The Balaban J connectivity index is 0.000000207. The van der Waals surface area contributed by atoms with Gasteiger partial charge in [-0.05, 0) is 140 Å². The van der Waals surface area contributed by atoms with Gasteiger partial charge in [0.05, 0.1) is 6.04 Å². The lowest BCUT2D eigenvalue weighted by atomic mass is 9.84. The molecule has 0 radical (unpaired) electrons. The lowest BCUT2D eigenvalue weighted by Gasteiger charge is -2.30. The van der Waals surface area contributed by atoms with Gasteiger partial charge >= 0.3 is 18.3 Å². The summed E-state index contributed by atoms with van der Waals surface area (Å²) < 4.78 is 59.7. The number of carbonyl (C=O) groups excluding carboxylic acids is 3. The number of amides is 3. The summed E-state index contributed by atoms with van der Waals surface area (Å²) >= 11 is 0. The molecule has 15 heteroatoms. The number of anilines is 1. The lowest BCUT2D eigenvalue weighted by Crippen LogP contribution is -2.38. The number of halogens is 3. The average Bonchev–Trinajstić information content (AvgIpc) is 4.49. The Hall–Kier alpha value is -8.20. The molecule has 3 saturated heterocycles. The summed E-state index contributed by atoms with van der Waals surface area (Å²) in [6, 6.07) is 42.9. The van der Waals surface area contributed by atoms with E-state index in [4.69, 9.17) is 14.2 Å². The van der Waals surface area contributed by atoms with Gasteiger partial charge in [-0.2, -0.15) is 0 Å². The average molecular weight is 1060 g/mol. The van der Waals surface area contributed by atoms with Gasteiger partial charge in [0.15, 0.2) is 0 Å². The molecule has 4 aliphatic heterocycles. The van der Waals surface area contributed by atoms with Gasteiger partial charge in [0.1, 0.15) is 37.3 Å². The van der Waals surface area contributed by atoms with Crippen LogP contribution in [0.25, 0.3) is 21.8 Å². The van der Waals surface area contributed by atoms with E-state index in [0.29, 0.717) is 37.1 Å². The summed E-state index contributed by atoms with van der Waals surface area (Å²) in [5.74, 6) is -1.07. The van der Waals surface area contributed by atoms with Crippen molar-refractivity contribution in [3.63, 3.8) is 0 Å². The van der Waals surface area contributed by atoms with E-state index < -0.39 is 0 Å². The van der Waals surface area contributed by atoms with Gasteiger partial charge in [0, 0.05) is 83.1 Å². The number of nitrogens with zero attached hydrogens (tertiary/aromatic N) is 3. The molecule has 2 aromatic heterocycles. The quantitative estimate of drug-likeness (QED) is 0.0980. The summed E-state index contributed by atoms with van der Waals surface area (Å²) in [6.45, 7) is 2.60.